The van der Waals surface area contributed by atoms with Gasteiger partial charge in [0.2, 0.25) is 0 Å². The van der Waals surface area contributed by atoms with Crippen LogP contribution in [0.25, 0.3) is 0 Å². The van der Waals surface area contributed by atoms with Gasteiger partial charge >= 0.3 is 0 Å². The number of rotatable bonds is 5. The van der Waals surface area contributed by atoms with Crippen molar-refractivity contribution in [1.29, 1.82) is 5.26 Å². The minimum absolute atomic E-state index is 0.0493. The molecule has 0 fully saturated rings. The fourth-order valence-corrected chi connectivity index (χ4v) is 2.85. The minimum atomic E-state index is -1.13. The summed E-state index contributed by atoms with van der Waals surface area (Å²) in [6, 6.07) is 6.02. The minimum Gasteiger partial charge on any atom is -0.489 e. The Balaban J connectivity index is 1.97. The van der Waals surface area contributed by atoms with Crippen LogP contribution < -0.4 is 10.1 Å². The van der Waals surface area contributed by atoms with Gasteiger partial charge in [-0.25, -0.2) is 8.78 Å². The third-order valence-corrected chi connectivity index (χ3v) is 3.78. The zero-order valence-corrected chi connectivity index (χ0v) is 14.6. The summed E-state index contributed by atoms with van der Waals surface area (Å²) in [5.41, 5.74) is -0.997. The number of halogens is 5. The summed E-state index contributed by atoms with van der Waals surface area (Å²) in [6.45, 7) is -0.112. The van der Waals surface area contributed by atoms with Crippen molar-refractivity contribution in [2.45, 2.75) is 0 Å². The molecule has 25 heavy (non-hydrogen) atoms. The highest BCUT2D eigenvalue weighted by molar-refractivity contribution is 6.40. The first kappa shape index (κ1) is 19.3. The van der Waals surface area contributed by atoms with E-state index in [4.69, 9.17) is 44.8 Å². The SMILES string of the molecule is N#Cc1cc(F)c(C(=O)NCCOc2c(Cl)cc(Cl)cc2Cl)c(F)c1. The van der Waals surface area contributed by atoms with Gasteiger partial charge in [0.15, 0.2) is 5.75 Å². The molecule has 2 aromatic carbocycles. The number of carbonyl (C=O) groups excluding carboxylic acids is 1. The van der Waals surface area contributed by atoms with Crippen molar-refractivity contribution < 1.29 is 18.3 Å². The number of carbonyl (C=O) groups is 1. The van der Waals surface area contributed by atoms with Crippen LogP contribution in [0, 0.1) is 23.0 Å². The van der Waals surface area contributed by atoms with Crippen LogP contribution >= 0.6 is 34.8 Å². The van der Waals surface area contributed by atoms with Gasteiger partial charge in [-0.05, 0) is 24.3 Å². The van der Waals surface area contributed by atoms with E-state index in [1.807, 2.05) is 0 Å². The predicted molar refractivity (Wildman–Crippen MR) is 90.4 cm³/mol. The molecule has 0 aliphatic carbocycles. The summed E-state index contributed by atoms with van der Waals surface area (Å²) in [7, 11) is 0. The van der Waals surface area contributed by atoms with E-state index in [1.165, 1.54) is 12.1 Å². The second-order valence-corrected chi connectivity index (χ2v) is 5.98. The lowest BCUT2D eigenvalue weighted by Gasteiger charge is -2.11. The highest BCUT2D eigenvalue weighted by Crippen LogP contribution is 2.35. The van der Waals surface area contributed by atoms with E-state index in [0.717, 1.165) is 12.1 Å². The number of hydrogen-bond acceptors (Lipinski definition) is 3. The van der Waals surface area contributed by atoms with Crippen LogP contribution in [0.5, 0.6) is 5.75 Å². The fraction of sp³-hybridized carbons (Fsp3) is 0.125. The van der Waals surface area contributed by atoms with Crippen LogP contribution in [0.3, 0.4) is 0 Å². The monoisotopic (exact) mass is 404 g/mol. The number of ether oxygens (including phenoxy) is 1. The van der Waals surface area contributed by atoms with E-state index in [-0.39, 0.29) is 34.5 Å². The van der Waals surface area contributed by atoms with Crippen LogP contribution in [-0.4, -0.2) is 19.1 Å². The van der Waals surface area contributed by atoms with Crippen LogP contribution in [0.4, 0.5) is 8.78 Å². The highest BCUT2D eigenvalue weighted by atomic mass is 35.5. The quantitative estimate of drug-likeness (QED) is 0.739. The molecule has 0 bridgehead atoms. The molecule has 1 amide bonds. The smallest absolute Gasteiger partial charge is 0.257 e. The molecule has 0 radical (unpaired) electrons. The van der Waals surface area contributed by atoms with Crippen molar-refractivity contribution >= 4 is 40.7 Å². The number of nitrogens with zero attached hydrogens (tertiary/aromatic N) is 1. The molecule has 0 aliphatic heterocycles. The molecular weight excluding hydrogens is 397 g/mol. The molecule has 0 spiro atoms. The molecule has 2 aromatic rings. The molecule has 0 aromatic heterocycles. The summed E-state index contributed by atoms with van der Waals surface area (Å²) in [5.74, 6) is -3.05. The second-order valence-electron chi connectivity index (χ2n) is 4.73. The summed E-state index contributed by atoms with van der Waals surface area (Å²) in [5, 5.41) is 11.6. The van der Waals surface area contributed by atoms with E-state index in [0.29, 0.717) is 5.02 Å². The Morgan fingerprint density at radius 1 is 1.12 bits per heavy atom. The number of benzene rings is 2. The average molecular weight is 406 g/mol. The van der Waals surface area contributed by atoms with Gasteiger partial charge < -0.3 is 10.1 Å². The largest absolute Gasteiger partial charge is 0.489 e. The number of amides is 1. The molecule has 9 heteroatoms. The van der Waals surface area contributed by atoms with Crippen LogP contribution in [0.2, 0.25) is 15.1 Å². The predicted octanol–water partition coefficient (Wildman–Crippen LogP) is 4.61. The van der Waals surface area contributed by atoms with Gasteiger partial charge in [-0.3, -0.25) is 4.79 Å². The van der Waals surface area contributed by atoms with Crippen molar-refractivity contribution in [3.05, 3.63) is 62.1 Å². The van der Waals surface area contributed by atoms with Gasteiger partial charge in [-0.15, -0.1) is 0 Å². The van der Waals surface area contributed by atoms with Crippen LogP contribution in [-0.2, 0) is 0 Å². The molecule has 2 rings (SSSR count). The van der Waals surface area contributed by atoms with E-state index in [2.05, 4.69) is 5.32 Å². The third kappa shape index (κ3) is 4.73. The topological polar surface area (TPSA) is 62.1 Å². The maximum absolute atomic E-state index is 13.7. The van der Waals surface area contributed by atoms with Crippen molar-refractivity contribution in [1.82, 2.24) is 5.32 Å². The first-order chi connectivity index (χ1) is 11.8. The third-order valence-electron chi connectivity index (χ3n) is 3.00. The van der Waals surface area contributed by atoms with Crippen LogP contribution in [0.15, 0.2) is 24.3 Å². The first-order valence-corrected chi connectivity index (χ1v) is 7.91. The lowest BCUT2D eigenvalue weighted by molar-refractivity contribution is 0.0938. The second kappa shape index (κ2) is 8.34. The molecule has 130 valence electrons. The van der Waals surface area contributed by atoms with E-state index < -0.39 is 23.1 Å². The summed E-state index contributed by atoms with van der Waals surface area (Å²) in [4.78, 5) is 11.9. The van der Waals surface area contributed by atoms with Crippen molar-refractivity contribution in [2.24, 2.45) is 0 Å². The lowest BCUT2D eigenvalue weighted by Crippen LogP contribution is -2.29. The Hall–Kier alpha value is -2.07. The van der Waals surface area contributed by atoms with Gasteiger partial charge in [-0.1, -0.05) is 34.8 Å². The Morgan fingerprint density at radius 2 is 1.68 bits per heavy atom. The molecule has 0 unspecified atom stereocenters. The Labute approximate surface area is 156 Å². The van der Waals surface area contributed by atoms with Gasteiger partial charge in [0.25, 0.3) is 5.91 Å². The van der Waals surface area contributed by atoms with Gasteiger partial charge in [-0.2, -0.15) is 5.26 Å². The lowest BCUT2D eigenvalue weighted by atomic mass is 10.1. The Kier molecular flexibility index (Phi) is 6.43. The number of hydrogen-bond donors (Lipinski definition) is 1. The van der Waals surface area contributed by atoms with E-state index in [1.54, 1.807) is 6.07 Å². The number of nitrogens with one attached hydrogen (secondary N) is 1. The molecule has 0 atom stereocenters. The Morgan fingerprint density at radius 3 is 2.20 bits per heavy atom. The number of nitriles is 1. The fourth-order valence-electron chi connectivity index (χ4n) is 1.93. The summed E-state index contributed by atoms with van der Waals surface area (Å²) < 4.78 is 32.8. The molecular formula is C16H9Cl3F2N2O2. The van der Waals surface area contributed by atoms with Crippen molar-refractivity contribution in [3.63, 3.8) is 0 Å². The zero-order chi connectivity index (χ0) is 18.6. The normalized spacial score (nSPS) is 10.2. The zero-order valence-electron chi connectivity index (χ0n) is 12.4. The molecule has 4 nitrogen and oxygen atoms in total. The highest BCUT2D eigenvalue weighted by Gasteiger charge is 2.18. The molecule has 0 heterocycles. The molecule has 0 saturated carbocycles. The Bertz CT molecular complexity index is 823. The summed E-state index contributed by atoms with van der Waals surface area (Å²) >= 11 is 17.6. The summed E-state index contributed by atoms with van der Waals surface area (Å²) in [6.07, 6.45) is 0. The van der Waals surface area contributed by atoms with Gasteiger partial charge in [0, 0.05) is 5.02 Å². The van der Waals surface area contributed by atoms with E-state index >= 15 is 0 Å². The van der Waals surface area contributed by atoms with Crippen LogP contribution in [0.1, 0.15) is 15.9 Å². The van der Waals surface area contributed by atoms with Gasteiger partial charge in [0.05, 0.1) is 28.2 Å². The molecule has 1 N–H and O–H groups in total. The van der Waals surface area contributed by atoms with E-state index in [9.17, 15) is 13.6 Å². The maximum atomic E-state index is 13.7. The molecule has 0 saturated heterocycles. The van der Waals surface area contributed by atoms with Gasteiger partial charge in [0.1, 0.15) is 23.8 Å². The van der Waals surface area contributed by atoms with Crippen molar-refractivity contribution in [2.75, 3.05) is 13.2 Å². The maximum Gasteiger partial charge on any atom is 0.257 e. The standard InChI is InChI=1S/C16H9Cl3F2N2O2/c17-9-5-10(18)15(11(19)6-9)25-2-1-23-16(24)14-12(20)3-8(7-22)4-13(14)21/h3-6H,1-2H2,(H,23,24). The van der Waals surface area contributed by atoms with Crippen molar-refractivity contribution in [3.8, 4) is 11.8 Å². The molecule has 0 aliphatic rings. The average Bonchev–Trinajstić information content (AvgIpc) is 2.52. The first-order valence-electron chi connectivity index (χ1n) is 6.78.